The molecule has 5 nitrogen and oxygen atoms in total. The van der Waals surface area contributed by atoms with E-state index in [9.17, 15) is 5.11 Å². The second kappa shape index (κ2) is 13.8. The van der Waals surface area contributed by atoms with E-state index in [4.69, 9.17) is 9.97 Å². The molecule has 10 rings (SSSR count). The number of nitrogens with zero attached hydrogens (tertiary/aromatic N) is 4. The number of hydrogen-bond acceptors (Lipinski definition) is 3. The Kier molecular flexibility index (Phi) is 8.49. The number of aromatic nitrogens is 4. The third-order valence-corrected chi connectivity index (χ3v) is 9.96. The van der Waals surface area contributed by atoms with E-state index in [-0.39, 0.29) is 26.8 Å². The summed E-state index contributed by atoms with van der Waals surface area (Å²) in [7, 11) is 0. The Labute approximate surface area is 326 Å². The number of fused-ring (bicyclic) bond motifs is 4. The molecule has 260 valence electrons. The molecule has 3 heterocycles. The normalized spacial score (nSPS) is 11.3. The molecule has 0 unspecified atom stereocenters. The number of imidazole rings is 1. The average molecular weight is 875 g/mol. The Bertz CT molecular complexity index is 2950. The summed E-state index contributed by atoms with van der Waals surface area (Å²) >= 11 is 0. The van der Waals surface area contributed by atoms with Crippen LogP contribution in [0.5, 0.6) is 5.75 Å². The third kappa shape index (κ3) is 5.53. The van der Waals surface area contributed by atoms with Crippen LogP contribution in [-0.2, 0) is 21.1 Å². The molecule has 3 aromatic heterocycles. The molecule has 0 radical (unpaired) electrons. The number of benzene rings is 7. The maximum Gasteiger partial charge on any atom is 0.148 e. The quantitative estimate of drug-likeness (QED) is 0.169. The summed E-state index contributed by atoms with van der Waals surface area (Å²) < 4.78 is 4.44. The van der Waals surface area contributed by atoms with Gasteiger partial charge in [0.1, 0.15) is 11.6 Å². The van der Waals surface area contributed by atoms with Gasteiger partial charge in [-0.25, -0.2) is 4.98 Å². The van der Waals surface area contributed by atoms with Gasteiger partial charge in [-0.15, -0.1) is 23.8 Å². The number of phenols is 1. The summed E-state index contributed by atoms with van der Waals surface area (Å²) in [6, 6.07) is 63.6. The summed E-state index contributed by atoms with van der Waals surface area (Å²) in [6.07, 6.45) is 1.90. The van der Waals surface area contributed by atoms with Gasteiger partial charge in [-0.3, -0.25) is 9.55 Å². The van der Waals surface area contributed by atoms with Gasteiger partial charge >= 0.3 is 0 Å². The van der Waals surface area contributed by atoms with Crippen LogP contribution in [0.15, 0.2) is 182 Å². The van der Waals surface area contributed by atoms with Crippen molar-refractivity contribution in [2.45, 2.75) is 0 Å². The molecule has 0 spiro atoms. The van der Waals surface area contributed by atoms with E-state index in [1.807, 2.05) is 54.7 Å². The summed E-state index contributed by atoms with van der Waals surface area (Å²) in [4.78, 5) is 10.4. The first-order valence-electron chi connectivity index (χ1n) is 17.7. The average Bonchev–Trinajstić information content (AvgIpc) is 3.78. The molecule has 54 heavy (non-hydrogen) atoms. The van der Waals surface area contributed by atoms with Crippen molar-refractivity contribution in [1.29, 1.82) is 0 Å². The van der Waals surface area contributed by atoms with Gasteiger partial charge in [0.2, 0.25) is 0 Å². The van der Waals surface area contributed by atoms with Gasteiger partial charge in [0.25, 0.3) is 0 Å². The van der Waals surface area contributed by atoms with Crippen molar-refractivity contribution < 1.29 is 26.2 Å². The van der Waals surface area contributed by atoms with Crippen LogP contribution in [0.1, 0.15) is 0 Å². The fourth-order valence-electron chi connectivity index (χ4n) is 7.61. The standard InChI is InChI=1S/C48H31N4O.Pt/c53-44-26-13-11-22-40(44)48-50-47-38(23-14-25-43(47)52(48)37-19-8-3-9-20-37)34-29-33(32-15-4-1-5-16-32)30-35(31-34)46-45-39-21-10-12-24-41(39)51(42(45)27-28-49-46)36-17-6-2-7-18-36;/h1-30,53H;/q-1;. The number of phenolic OH excluding ortho intramolecular Hbond substituents is 1. The molecule has 0 aliphatic heterocycles. The number of para-hydroxylation sites is 5. The Morgan fingerprint density at radius 3 is 1.87 bits per heavy atom. The Morgan fingerprint density at radius 1 is 0.500 bits per heavy atom. The smallest absolute Gasteiger partial charge is 0.148 e. The minimum absolute atomic E-state index is 0. The van der Waals surface area contributed by atoms with Crippen molar-refractivity contribution in [3.8, 4) is 62.0 Å². The van der Waals surface area contributed by atoms with Gasteiger partial charge < -0.3 is 9.67 Å². The molecular weight excluding hydrogens is 844 g/mol. The molecule has 10 aromatic rings. The molecule has 7 aromatic carbocycles. The number of pyridine rings is 1. The van der Waals surface area contributed by atoms with Gasteiger partial charge in [-0.1, -0.05) is 126 Å². The second-order valence-corrected chi connectivity index (χ2v) is 13.1. The van der Waals surface area contributed by atoms with Crippen molar-refractivity contribution in [3.05, 3.63) is 188 Å². The molecule has 0 saturated heterocycles. The molecule has 0 amide bonds. The predicted molar refractivity (Wildman–Crippen MR) is 215 cm³/mol. The zero-order chi connectivity index (χ0) is 35.3. The molecular formula is C48H31N4OPt-. The Hall–Kier alpha value is -6.55. The first-order chi connectivity index (χ1) is 26.2. The van der Waals surface area contributed by atoms with Crippen molar-refractivity contribution in [3.63, 3.8) is 0 Å². The van der Waals surface area contributed by atoms with E-state index in [0.717, 1.165) is 77.7 Å². The molecule has 0 fully saturated rings. The Balaban J connectivity index is 0.00000384. The molecule has 0 saturated carbocycles. The van der Waals surface area contributed by atoms with Gasteiger partial charge in [0.05, 0.1) is 27.6 Å². The van der Waals surface area contributed by atoms with Crippen LogP contribution in [0.25, 0.3) is 89.1 Å². The van der Waals surface area contributed by atoms with E-state index in [0.29, 0.717) is 11.4 Å². The maximum absolute atomic E-state index is 11.0. The molecule has 1 N–H and O–H groups in total. The van der Waals surface area contributed by atoms with E-state index in [2.05, 4.69) is 137 Å². The SMILES string of the molecule is Oc1ccccc1-c1nc2c(-c3[c-]c(-c4nccc5c4c4ccccc4n5-c4ccccc4)cc(-c4ccccc4)c3)cccc2n1-c1ccccc1.[Pt]. The van der Waals surface area contributed by atoms with E-state index < -0.39 is 0 Å². The second-order valence-electron chi connectivity index (χ2n) is 13.1. The third-order valence-electron chi connectivity index (χ3n) is 9.96. The topological polar surface area (TPSA) is 55.9 Å². The summed E-state index contributed by atoms with van der Waals surface area (Å²) in [6.45, 7) is 0. The van der Waals surface area contributed by atoms with E-state index >= 15 is 0 Å². The van der Waals surface area contributed by atoms with Crippen LogP contribution in [0, 0.1) is 6.07 Å². The van der Waals surface area contributed by atoms with Crippen LogP contribution in [-0.4, -0.2) is 24.2 Å². The molecule has 0 bridgehead atoms. The van der Waals surface area contributed by atoms with Gasteiger partial charge in [-0.2, -0.15) is 0 Å². The minimum Gasteiger partial charge on any atom is -0.507 e. The van der Waals surface area contributed by atoms with Crippen molar-refractivity contribution in [1.82, 2.24) is 19.1 Å². The summed E-state index contributed by atoms with van der Waals surface area (Å²) in [5.41, 5.74) is 12.4. The van der Waals surface area contributed by atoms with Crippen LogP contribution < -0.4 is 0 Å². The molecule has 0 aliphatic carbocycles. The minimum atomic E-state index is 0. The largest absolute Gasteiger partial charge is 0.507 e. The zero-order valence-corrected chi connectivity index (χ0v) is 31.1. The predicted octanol–water partition coefficient (Wildman–Crippen LogP) is 11.7. The van der Waals surface area contributed by atoms with Crippen LogP contribution in [0.2, 0.25) is 0 Å². The molecule has 6 heteroatoms. The fourth-order valence-corrected chi connectivity index (χ4v) is 7.61. The first kappa shape index (κ1) is 33.3. The fraction of sp³-hybridized carbons (Fsp3) is 0. The van der Waals surface area contributed by atoms with Gasteiger partial charge in [-0.05, 0) is 60.2 Å². The molecule has 0 aliphatic rings. The monoisotopic (exact) mass is 874 g/mol. The van der Waals surface area contributed by atoms with Crippen LogP contribution >= 0.6 is 0 Å². The van der Waals surface area contributed by atoms with E-state index in [1.54, 1.807) is 6.07 Å². The van der Waals surface area contributed by atoms with E-state index in [1.165, 1.54) is 0 Å². The Morgan fingerprint density at radius 2 is 1.11 bits per heavy atom. The van der Waals surface area contributed by atoms with Crippen LogP contribution in [0.4, 0.5) is 0 Å². The maximum atomic E-state index is 11.0. The zero-order valence-electron chi connectivity index (χ0n) is 28.9. The molecule has 0 atom stereocenters. The van der Waals surface area contributed by atoms with Gasteiger partial charge in [0.15, 0.2) is 0 Å². The summed E-state index contributed by atoms with van der Waals surface area (Å²) in [5, 5.41) is 13.2. The first-order valence-corrected chi connectivity index (χ1v) is 17.7. The number of hydrogen-bond donors (Lipinski definition) is 1. The number of rotatable bonds is 6. The van der Waals surface area contributed by atoms with Crippen molar-refractivity contribution >= 4 is 32.8 Å². The van der Waals surface area contributed by atoms with Crippen molar-refractivity contribution in [2.75, 3.05) is 0 Å². The summed E-state index contributed by atoms with van der Waals surface area (Å²) in [5.74, 6) is 0.839. The number of aromatic hydroxyl groups is 1. The van der Waals surface area contributed by atoms with Gasteiger partial charge in [0, 0.05) is 55.1 Å². The van der Waals surface area contributed by atoms with Crippen molar-refractivity contribution in [2.24, 2.45) is 0 Å². The van der Waals surface area contributed by atoms with Crippen LogP contribution in [0.3, 0.4) is 0 Å².